The number of halogens is 1. The van der Waals surface area contributed by atoms with Gasteiger partial charge >= 0.3 is 0 Å². The van der Waals surface area contributed by atoms with Gasteiger partial charge in [0, 0.05) is 0 Å². The highest BCUT2D eigenvalue weighted by Crippen LogP contribution is 2.35. The van der Waals surface area contributed by atoms with Crippen LogP contribution in [0.1, 0.15) is 50.2 Å². The molecule has 18 heavy (non-hydrogen) atoms. The molecule has 100 valence electrons. The quantitative estimate of drug-likeness (QED) is 0.699. The van der Waals surface area contributed by atoms with Crippen LogP contribution in [-0.4, -0.2) is 5.11 Å². The van der Waals surface area contributed by atoms with Crippen molar-refractivity contribution >= 4 is 0 Å². The Kier molecular flexibility index (Phi) is 5.54. The van der Waals surface area contributed by atoms with Crippen molar-refractivity contribution in [2.24, 2.45) is 0 Å². The first-order valence-electron chi connectivity index (χ1n) is 6.65. The SMILES string of the molecule is C=C(F)C(O)(CCCCCC)c1cccc(C)c1. The Morgan fingerprint density at radius 3 is 2.61 bits per heavy atom. The van der Waals surface area contributed by atoms with E-state index in [0.29, 0.717) is 12.0 Å². The highest BCUT2D eigenvalue weighted by Gasteiger charge is 2.32. The first kappa shape index (κ1) is 14.9. The lowest BCUT2D eigenvalue weighted by atomic mass is 9.86. The van der Waals surface area contributed by atoms with Crippen molar-refractivity contribution < 1.29 is 9.50 Å². The van der Waals surface area contributed by atoms with Crippen LogP contribution in [-0.2, 0) is 5.60 Å². The zero-order valence-electron chi connectivity index (χ0n) is 11.4. The van der Waals surface area contributed by atoms with Gasteiger partial charge in [0.1, 0.15) is 11.4 Å². The molecule has 0 spiro atoms. The Hall–Kier alpha value is -1.15. The van der Waals surface area contributed by atoms with Gasteiger partial charge in [-0.05, 0) is 25.3 Å². The average Bonchev–Trinajstić information content (AvgIpc) is 2.34. The summed E-state index contributed by atoms with van der Waals surface area (Å²) in [7, 11) is 0. The summed E-state index contributed by atoms with van der Waals surface area (Å²) in [6.07, 6.45) is 4.45. The van der Waals surface area contributed by atoms with Crippen LogP contribution in [0.15, 0.2) is 36.7 Å². The van der Waals surface area contributed by atoms with Gasteiger partial charge in [-0.15, -0.1) is 0 Å². The van der Waals surface area contributed by atoms with Gasteiger partial charge < -0.3 is 5.11 Å². The van der Waals surface area contributed by atoms with E-state index < -0.39 is 11.4 Å². The fraction of sp³-hybridized carbons (Fsp3) is 0.500. The molecule has 0 bridgehead atoms. The minimum Gasteiger partial charge on any atom is -0.378 e. The predicted molar refractivity (Wildman–Crippen MR) is 74.1 cm³/mol. The molecule has 2 heteroatoms. The van der Waals surface area contributed by atoms with Crippen LogP contribution in [0.4, 0.5) is 4.39 Å². The summed E-state index contributed by atoms with van der Waals surface area (Å²) in [6.45, 7) is 7.37. The smallest absolute Gasteiger partial charge is 0.140 e. The lowest BCUT2D eigenvalue weighted by molar-refractivity contribution is 0.0409. The Bertz CT molecular complexity index is 400. The van der Waals surface area contributed by atoms with Gasteiger partial charge in [-0.25, -0.2) is 4.39 Å². The summed E-state index contributed by atoms with van der Waals surface area (Å²) in [5.41, 5.74) is 0.0898. The fourth-order valence-corrected chi connectivity index (χ4v) is 2.15. The van der Waals surface area contributed by atoms with Crippen molar-refractivity contribution in [3.8, 4) is 0 Å². The van der Waals surface area contributed by atoms with Crippen LogP contribution in [0.25, 0.3) is 0 Å². The Morgan fingerprint density at radius 2 is 2.06 bits per heavy atom. The highest BCUT2D eigenvalue weighted by atomic mass is 19.1. The van der Waals surface area contributed by atoms with E-state index in [9.17, 15) is 9.50 Å². The zero-order chi connectivity index (χ0) is 13.6. The molecule has 0 saturated heterocycles. The van der Waals surface area contributed by atoms with Gasteiger partial charge in [0.05, 0.1) is 0 Å². The van der Waals surface area contributed by atoms with Crippen molar-refractivity contribution in [1.82, 2.24) is 0 Å². The van der Waals surface area contributed by atoms with Crippen molar-refractivity contribution in [2.45, 2.75) is 51.6 Å². The van der Waals surface area contributed by atoms with Gasteiger partial charge in [0.25, 0.3) is 0 Å². The van der Waals surface area contributed by atoms with Crippen molar-refractivity contribution in [2.75, 3.05) is 0 Å². The van der Waals surface area contributed by atoms with Crippen molar-refractivity contribution in [1.29, 1.82) is 0 Å². The standard InChI is InChI=1S/C16H23FO/c1-4-5-6-7-11-16(18,14(3)17)15-10-8-9-13(2)12-15/h8-10,12,18H,3-7,11H2,1-2H3. The zero-order valence-corrected chi connectivity index (χ0v) is 11.4. The van der Waals surface area contributed by atoms with E-state index in [2.05, 4.69) is 13.5 Å². The summed E-state index contributed by atoms with van der Waals surface area (Å²) in [4.78, 5) is 0. The number of hydrogen-bond donors (Lipinski definition) is 1. The molecule has 0 aliphatic rings. The maximum Gasteiger partial charge on any atom is 0.140 e. The number of unbranched alkanes of at least 4 members (excludes halogenated alkanes) is 3. The first-order valence-corrected chi connectivity index (χ1v) is 6.65. The molecule has 0 aromatic heterocycles. The largest absolute Gasteiger partial charge is 0.378 e. The Balaban J connectivity index is 2.83. The molecule has 1 rings (SSSR count). The van der Waals surface area contributed by atoms with Gasteiger partial charge in [-0.3, -0.25) is 0 Å². The van der Waals surface area contributed by atoms with Gasteiger partial charge in [-0.1, -0.05) is 62.6 Å². The molecular formula is C16H23FO. The molecule has 1 aromatic rings. The van der Waals surface area contributed by atoms with E-state index in [1.165, 1.54) is 0 Å². The molecule has 0 radical (unpaired) electrons. The van der Waals surface area contributed by atoms with Crippen LogP contribution < -0.4 is 0 Å². The monoisotopic (exact) mass is 250 g/mol. The topological polar surface area (TPSA) is 20.2 Å². The summed E-state index contributed by atoms with van der Waals surface area (Å²) >= 11 is 0. The van der Waals surface area contributed by atoms with Crippen molar-refractivity contribution in [3.63, 3.8) is 0 Å². The molecule has 0 aliphatic heterocycles. The van der Waals surface area contributed by atoms with Crippen LogP contribution >= 0.6 is 0 Å². The number of aryl methyl sites for hydroxylation is 1. The number of aliphatic hydroxyl groups is 1. The molecule has 0 saturated carbocycles. The maximum atomic E-state index is 13.6. The molecule has 1 N–H and O–H groups in total. The Morgan fingerprint density at radius 1 is 1.33 bits per heavy atom. The lowest BCUT2D eigenvalue weighted by Crippen LogP contribution is -2.26. The molecule has 1 atom stereocenters. The van der Waals surface area contributed by atoms with Crippen LogP contribution in [0.2, 0.25) is 0 Å². The van der Waals surface area contributed by atoms with Gasteiger partial charge in [-0.2, -0.15) is 0 Å². The molecule has 0 amide bonds. The second kappa shape index (κ2) is 6.69. The summed E-state index contributed by atoms with van der Waals surface area (Å²) in [5, 5.41) is 10.5. The predicted octanol–water partition coefficient (Wildman–Crippen LogP) is 4.64. The minimum absolute atomic E-state index is 0.395. The minimum atomic E-state index is -1.53. The molecule has 1 nitrogen and oxygen atoms in total. The van der Waals surface area contributed by atoms with E-state index >= 15 is 0 Å². The summed E-state index contributed by atoms with van der Waals surface area (Å²) < 4.78 is 13.6. The summed E-state index contributed by atoms with van der Waals surface area (Å²) in [6, 6.07) is 7.36. The third-order valence-corrected chi connectivity index (χ3v) is 3.34. The number of hydrogen-bond acceptors (Lipinski definition) is 1. The van der Waals surface area contributed by atoms with Crippen molar-refractivity contribution in [3.05, 3.63) is 47.8 Å². The van der Waals surface area contributed by atoms with E-state index in [1.807, 2.05) is 25.1 Å². The molecule has 1 aromatic carbocycles. The summed E-state index contributed by atoms with van der Waals surface area (Å²) in [5.74, 6) is -0.662. The molecule has 0 heterocycles. The normalized spacial score (nSPS) is 14.2. The second-order valence-corrected chi connectivity index (χ2v) is 4.95. The molecule has 0 aliphatic carbocycles. The van der Waals surface area contributed by atoms with E-state index in [4.69, 9.17) is 0 Å². The number of benzene rings is 1. The Labute approximate surface area is 109 Å². The van der Waals surface area contributed by atoms with Gasteiger partial charge in [0.2, 0.25) is 0 Å². The lowest BCUT2D eigenvalue weighted by Gasteiger charge is -2.27. The van der Waals surface area contributed by atoms with E-state index in [1.54, 1.807) is 6.07 Å². The third-order valence-electron chi connectivity index (χ3n) is 3.34. The van der Waals surface area contributed by atoms with Crippen LogP contribution in [0, 0.1) is 6.92 Å². The van der Waals surface area contributed by atoms with E-state index in [0.717, 1.165) is 31.2 Å². The highest BCUT2D eigenvalue weighted by molar-refractivity contribution is 5.32. The molecular weight excluding hydrogens is 227 g/mol. The fourth-order valence-electron chi connectivity index (χ4n) is 2.15. The maximum absolute atomic E-state index is 13.6. The second-order valence-electron chi connectivity index (χ2n) is 4.95. The molecule has 1 unspecified atom stereocenters. The third kappa shape index (κ3) is 3.67. The van der Waals surface area contributed by atoms with Gasteiger partial charge in [0.15, 0.2) is 0 Å². The number of rotatable bonds is 7. The first-order chi connectivity index (χ1) is 8.50. The molecule has 0 fully saturated rings. The van der Waals surface area contributed by atoms with Crippen LogP contribution in [0.3, 0.4) is 0 Å². The van der Waals surface area contributed by atoms with Crippen LogP contribution in [0.5, 0.6) is 0 Å². The average molecular weight is 250 g/mol. The van der Waals surface area contributed by atoms with E-state index in [-0.39, 0.29) is 0 Å².